The number of halogens is 2. The standard InChI is InChI=1S/C9H7Cl2N/c10-7-5-12-9(8(7)11)6-3-1-2-4-6/h1-6,12H. The second kappa shape index (κ2) is 3.00. The molecule has 1 nitrogen and oxygen atoms in total. The zero-order chi connectivity index (χ0) is 8.55. The number of aromatic nitrogens is 1. The SMILES string of the molecule is Clc1c[nH]c(C2C=CC=C2)c1Cl. The van der Waals surface area contributed by atoms with Crippen LogP contribution in [0.15, 0.2) is 30.5 Å². The molecule has 0 saturated carbocycles. The Labute approximate surface area is 80.7 Å². The molecule has 0 aromatic carbocycles. The second-order valence-corrected chi connectivity index (χ2v) is 3.45. The van der Waals surface area contributed by atoms with E-state index in [1.54, 1.807) is 6.20 Å². The molecule has 1 N–H and O–H groups in total. The monoisotopic (exact) mass is 199 g/mol. The lowest BCUT2D eigenvalue weighted by Crippen LogP contribution is -1.88. The highest BCUT2D eigenvalue weighted by atomic mass is 35.5. The maximum Gasteiger partial charge on any atom is 0.0808 e. The van der Waals surface area contributed by atoms with Crippen molar-refractivity contribution in [3.8, 4) is 0 Å². The lowest BCUT2D eigenvalue weighted by Gasteiger charge is -2.02. The van der Waals surface area contributed by atoms with Crippen LogP contribution >= 0.6 is 23.2 Å². The first kappa shape index (κ1) is 7.96. The molecule has 0 aliphatic heterocycles. The molecule has 1 aromatic rings. The fraction of sp³-hybridized carbons (Fsp3) is 0.111. The quantitative estimate of drug-likeness (QED) is 0.713. The van der Waals surface area contributed by atoms with Gasteiger partial charge in [0.1, 0.15) is 0 Å². The van der Waals surface area contributed by atoms with Crippen LogP contribution < -0.4 is 0 Å². The summed E-state index contributed by atoms with van der Waals surface area (Å²) in [4.78, 5) is 3.05. The first-order valence-corrected chi connectivity index (χ1v) is 4.42. The van der Waals surface area contributed by atoms with Crippen molar-refractivity contribution in [2.75, 3.05) is 0 Å². The molecule has 1 heterocycles. The highest BCUT2D eigenvalue weighted by Crippen LogP contribution is 2.33. The summed E-state index contributed by atoms with van der Waals surface area (Å²) < 4.78 is 0. The van der Waals surface area contributed by atoms with Crippen molar-refractivity contribution >= 4 is 23.2 Å². The molecule has 12 heavy (non-hydrogen) atoms. The molecule has 0 amide bonds. The van der Waals surface area contributed by atoms with Gasteiger partial charge in [0.25, 0.3) is 0 Å². The Balaban J connectivity index is 2.40. The molecule has 1 aliphatic rings. The third-order valence-electron chi connectivity index (χ3n) is 1.88. The van der Waals surface area contributed by atoms with E-state index in [2.05, 4.69) is 17.1 Å². The smallest absolute Gasteiger partial charge is 0.0808 e. The molecule has 0 atom stereocenters. The van der Waals surface area contributed by atoms with E-state index in [9.17, 15) is 0 Å². The van der Waals surface area contributed by atoms with Gasteiger partial charge < -0.3 is 4.98 Å². The van der Waals surface area contributed by atoms with Crippen LogP contribution in [0.1, 0.15) is 11.6 Å². The molecule has 1 aliphatic carbocycles. The van der Waals surface area contributed by atoms with Gasteiger partial charge in [-0.2, -0.15) is 0 Å². The number of allylic oxidation sites excluding steroid dienone is 4. The Hall–Kier alpha value is -0.660. The summed E-state index contributed by atoms with van der Waals surface area (Å²) in [6, 6.07) is 0. The summed E-state index contributed by atoms with van der Waals surface area (Å²) in [5, 5.41) is 1.21. The van der Waals surface area contributed by atoms with Gasteiger partial charge in [0.05, 0.1) is 10.0 Å². The van der Waals surface area contributed by atoms with E-state index in [0.717, 1.165) is 5.69 Å². The minimum Gasteiger partial charge on any atom is -0.362 e. The van der Waals surface area contributed by atoms with Gasteiger partial charge in [0, 0.05) is 17.8 Å². The number of nitrogens with one attached hydrogen (secondary N) is 1. The average Bonchev–Trinajstić information content (AvgIpc) is 2.64. The molecule has 2 rings (SSSR count). The topological polar surface area (TPSA) is 15.8 Å². The van der Waals surface area contributed by atoms with Gasteiger partial charge in [-0.15, -0.1) is 0 Å². The molecular weight excluding hydrogens is 193 g/mol. The Kier molecular flexibility index (Phi) is 1.99. The first-order valence-electron chi connectivity index (χ1n) is 3.66. The van der Waals surface area contributed by atoms with Crippen LogP contribution in [0.5, 0.6) is 0 Å². The summed E-state index contributed by atoms with van der Waals surface area (Å²) >= 11 is 11.8. The zero-order valence-corrected chi connectivity index (χ0v) is 7.73. The summed E-state index contributed by atoms with van der Waals surface area (Å²) in [7, 11) is 0. The minimum atomic E-state index is 0.255. The van der Waals surface area contributed by atoms with Gasteiger partial charge in [-0.1, -0.05) is 47.5 Å². The van der Waals surface area contributed by atoms with Crippen LogP contribution in [0, 0.1) is 0 Å². The largest absolute Gasteiger partial charge is 0.362 e. The zero-order valence-electron chi connectivity index (χ0n) is 6.22. The Bertz CT molecular complexity index is 337. The van der Waals surface area contributed by atoms with Crippen molar-refractivity contribution in [1.82, 2.24) is 4.98 Å². The number of aromatic amines is 1. The van der Waals surface area contributed by atoms with E-state index in [-0.39, 0.29) is 5.92 Å². The highest BCUT2D eigenvalue weighted by molar-refractivity contribution is 6.42. The predicted octanol–water partition coefficient (Wildman–Crippen LogP) is 3.53. The summed E-state index contributed by atoms with van der Waals surface area (Å²) in [5.74, 6) is 0.255. The lowest BCUT2D eigenvalue weighted by atomic mass is 10.1. The molecule has 0 bridgehead atoms. The van der Waals surface area contributed by atoms with E-state index in [4.69, 9.17) is 23.2 Å². The molecule has 3 heteroatoms. The Morgan fingerprint density at radius 1 is 1.17 bits per heavy atom. The highest BCUT2D eigenvalue weighted by Gasteiger charge is 2.14. The van der Waals surface area contributed by atoms with Gasteiger partial charge in [-0.25, -0.2) is 0 Å². The van der Waals surface area contributed by atoms with E-state index < -0.39 is 0 Å². The molecule has 0 unspecified atom stereocenters. The van der Waals surface area contributed by atoms with Crippen molar-refractivity contribution in [2.45, 2.75) is 5.92 Å². The number of H-pyrrole nitrogens is 1. The van der Waals surface area contributed by atoms with Crippen LogP contribution in [0.2, 0.25) is 10.0 Å². The minimum absolute atomic E-state index is 0.255. The number of hydrogen-bond acceptors (Lipinski definition) is 0. The fourth-order valence-electron chi connectivity index (χ4n) is 1.26. The van der Waals surface area contributed by atoms with Gasteiger partial charge in [0.2, 0.25) is 0 Å². The molecule has 0 saturated heterocycles. The number of rotatable bonds is 1. The summed E-state index contributed by atoms with van der Waals surface area (Å²) in [5.41, 5.74) is 0.965. The maximum absolute atomic E-state index is 5.96. The third kappa shape index (κ3) is 1.19. The molecule has 0 spiro atoms. The average molecular weight is 200 g/mol. The molecular formula is C9H7Cl2N. The third-order valence-corrected chi connectivity index (χ3v) is 2.68. The fourth-order valence-corrected chi connectivity index (χ4v) is 1.65. The van der Waals surface area contributed by atoms with Crippen LogP contribution in [0.4, 0.5) is 0 Å². The van der Waals surface area contributed by atoms with E-state index >= 15 is 0 Å². The van der Waals surface area contributed by atoms with Crippen molar-refractivity contribution in [2.24, 2.45) is 0 Å². The van der Waals surface area contributed by atoms with Crippen LogP contribution in [-0.2, 0) is 0 Å². The van der Waals surface area contributed by atoms with Gasteiger partial charge >= 0.3 is 0 Å². The van der Waals surface area contributed by atoms with Crippen LogP contribution in [0.25, 0.3) is 0 Å². The van der Waals surface area contributed by atoms with E-state index in [1.165, 1.54) is 0 Å². The first-order chi connectivity index (χ1) is 5.79. The van der Waals surface area contributed by atoms with Crippen molar-refractivity contribution in [3.63, 3.8) is 0 Å². The van der Waals surface area contributed by atoms with Gasteiger partial charge in [-0.3, -0.25) is 0 Å². The predicted molar refractivity (Wildman–Crippen MR) is 51.8 cm³/mol. The molecule has 0 fully saturated rings. The lowest BCUT2D eigenvalue weighted by molar-refractivity contribution is 1.03. The molecule has 0 radical (unpaired) electrons. The van der Waals surface area contributed by atoms with Crippen LogP contribution in [-0.4, -0.2) is 4.98 Å². The van der Waals surface area contributed by atoms with Crippen LogP contribution in [0.3, 0.4) is 0 Å². The number of hydrogen-bond donors (Lipinski definition) is 1. The second-order valence-electron chi connectivity index (χ2n) is 2.66. The van der Waals surface area contributed by atoms with Gasteiger partial charge in [0.15, 0.2) is 0 Å². The van der Waals surface area contributed by atoms with E-state index in [0.29, 0.717) is 10.0 Å². The Morgan fingerprint density at radius 2 is 1.83 bits per heavy atom. The van der Waals surface area contributed by atoms with Crippen molar-refractivity contribution in [3.05, 3.63) is 46.2 Å². The van der Waals surface area contributed by atoms with Gasteiger partial charge in [-0.05, 0) is 0 Å². The normalized spacial score (nSPS) is 16.2. The summed E-state index contributed by atoms with van der Waals surface area (Å²) in [6.45, 7) is 0. The summed E-state index contributed by atoms with van der Waals surface area (Å²) in [6.07, 6.45) is 9.83. The maximum atomic E-state index is 5.96. The Morgan fingerprint density at radius 3 is 2.33 bits per heavy atom. The van der Waals surface area contributed by atoms with Crippen molar-refractivity contribution < 1.29 is 0 Å². The molecule has 1 aromatic heterocycles. The molecule has 62 valence electrons. The van der Waals surface area contributed by atoms with Crippen molar-refractivity contribution in [1.29, 1.82) is 0 Å². The van der Waals surface area contributed by atoms with E-state index in [1.807, 2.05) is 12.2 Å².